The van der Waals surface area contributed by atoms with Gasteiger partial charge in [0, 0.05) is 13.1 Å². The predicted octanol–water partition coefficient (Wildman–Crippen LogP) is 3.44. The molecule has 1 saturated heterocycles. The minimum atomic E-state index is -0.0181. The second-order valence-electron chi connectivity index (χ2n) is 5.71. The summed E-state index contributed by atoms with van der Waals surface area (Å²) in [5.74, 6) is 0.535. The summed E-state index contributed by atoms with van der Waals surface area (Å²) in [4.78, 5) is 14.1. The van der Waals surface area contributed by atoms with Crippen molar-refractivity contribution in [2.75, 3.05) is 13.1 Å². The zero-order chi connectivity index (χ0) is 12.6. The monoisotopic (exact) mass is 255 g/mol. The maximum absolute atomic E-state index is 12.2. The first kappa shape index (κ1) is 12.5. The van der Waals surface area contributed by atoms with Crippen LogP contribution in [0.15, 0.2) is 16.7 Å². The Balaban J connectivity index is 2.07. The summed E-state index contributed by atoms with van der Waals surface area (Å²) in [5.41, 5.74) is 0.719. The predicted molar refractivity (Wildman–Crippen MR) is 67.2 cm³/mol. The molecule has 0 bridgehead atoms. The van der Waals surface area contributed by atoms with Crippen LogP contribution in [0.2, 0.25) is 5.22 Å². The Kier molecular flexibility index (Phi) is 3.21. The van der Waals surface area contributed by atoms with Gasteiger partial charge >= 0.3 is 0 Å². The van der Waals surface area contributed by atoms with Gasteiger partial charge in [-0.3, -0.25) is 4.79 Å². The van der Waals surface area contributed by atoms with Crippen LogP contribution in [-0.2, 0) is 0 Å². The highest BCUT2D eigenvalue weighted by Gasteiger charge is 2.34. The number of hydrogen-bond donors (Lipinski definition) is 0. The largest absolute Gasteiger partial charge is 0.452 e. The summed E-state index contributed by atoms with van der Waals surface area (Å²) >= 11 is 5.83. The summed E-state index contributed by atoms with van der Waals surface area (Å²) in [5, 5.41) is 0.189. The van der Waals surface area contributed by atoms with Crippen molar-refractivity contribution in [2.45, 2.75) is 27.2 Å². The molecule has 1 fully saturated rings. The molecule has 1 aromatic heterocycles. The Labute approximate surface area is 107 Å². The maximum atomic E-state index is 12.2. The van der Waals surface area contributed by atoms with Gasteiger partial charge in [0.05, 0.1) is 11.8 Å². The Morgan fingerprint density at radius 1 is 1.53 bits per heavy atom. The van der Waals surface area contributed by atoms with Crippen molar-refractivity contribution in [2.24, 2.45) is 11.3 Å². The summed E-state index contributed by atoms with van der Waals surface area (Å²) in [7, 11) is 0. The van der Waals surface area contributed by atoms with Gasteiger partial charge in [-0.25, -0.2) is 0 Å². The fourth-order valence-electron chi connectivity index (χ4n) is 2.27. The van der Waals surface area contributed by atoms with E-state index in [0.717, 1.165) is 19.5 Å². The number of amides is 1. The molecule has 2 heterocycles. The van der Waals surface area contributed by atoms with E-state index in [4.69, 9.17) is 16.0 Å². The van der Waals surface area contributed by atoms with E-state index < -0.39 is 0 Å². The van der Waals surface area contributed by atoms with E-state index >= 15 is 0 Å². The molecular formula is C13H18ClNO2. The molecule has 1 atom stereocenters. The number of furan rings is 1. The Hall–Kier alpha value is -0.960. The van der Waals surface area contributed by atoms with E-state index in [1.54, 1.807) is 6.07 Å². The van der Waals surface area contributed by atoms with Crippen molar-refractivity contribution >= 4 is 17.5 Å². The van der Waals surface area contributed by atoms with E-state index in [1.165, 1.54) is 6.26 Å². The average molecular weight is 256 g/mol. The molecule has 0 radical (unpaired) electrons. The lowest BCUT2D eigenvalue weighted by atomic mass is 9.80. The minimum absolute atomic E-state index is 0.0181. The smallest absolute Gasteiger partial charge is 0.258 e. The van der Waals surface area contributed by atoms with Crippen molar-refractivity contribution in [3.8, 4) is 0 Å². The van der Waals surface area contributed by atoms with Crippen molar-refractivity contribution in [1.82, 2.24) is 4.90 Å². The summed E-state index contributed by atoms with van der Waals surface area (Å²) < 4.78 is 4.96. The molecule has 1 amide bonds. The van der Waals surface area contributed by atoms with Gasteiger partial charge in [-0.15, -0.1) is 0 Å². The third kappa shape index (κ3) is 2.49. The molecule has 1 aliphatic heterocycles. The zero-order valence-electron chi connectivity index (χ0n) is 10.5. The van der Waals surface area contributed by atoms with Crippen LogP contribution in [0.5, 0.6) is 0 Å². The first-order valence-corrected chi connectivity index (χ1v) is 6.29. The fourth-order valence-corrected chi connectivity index (χ4v) is 2.46. The van der Waals surface area contributed by atoms with Gasteiger partial charge in [-0.1, -0.05) is 20.8 Å². The van der Waals surface area contributed by atoms with E-state index in [9.17, 15) is 4.79 Å². The normalized spacial score (nSPS) is 20.9. The minimum Gasteiger partial charge on any atom is -0.452 e. The van der Waals surface area contributed by atoms with Crippen LogP contribution >= 0.6 is 11.6 Å². The number of hydrogen-bond acceptors (Lipinski definition) is 2. The highest BCUT2D eigenvalue weighted by Crippen LogP contribution is 2.34. The molecule has 1 unspecified atom stereocenters. The van der Waals surface area contributed by atoms with Gasteiger partial charge < -0.3 is 9.32 Å². The Morgan fingerprint density at radius 2 is 2.24 bits per heavy atom. The number of likely N-dealkylation sites (tertiary alicyclic amines) is 1. The van der Waals surface area contributed by atoms with Gasteiger partial charge in [-0.05, 0) is 35.4 Å². The first-order chi connectivity index (χ1) is 7.89. The topological polar surface area (TPSA) is 33.5 Å². The number of carbonyl (C=O) groups is 1. The molecule has 17 heavy (non-hydrogen) atoms. The van der Waals surface area contributed by atoms with Crippen LogP contribution in [0.4, 0.5) is 0 Å². The molecule has 1 aliphatic rings. The highest BCUT2D eigenvalue weighted by atomic mass is 35.5. The van der Waals surface area contributed by atoms with Crippen molar-refractivity contribution < 1.29 is 9.21 Å². The van der Waals surface area contributed by atoms with Crippen LogP contribution < -0.4 is 0 Å². The van der Waals surface area contributed by atoms with Crippen LogP contribution in [-0.4, -0.2) is 23.9 Å². The van der Waals surface area contributed by atoms with Gasteiger partial charge in [0.25, 0.3) is 5.91 Å². The van der Waals surface area contributed by atoms with Crippen molar-refractivity contribution in [3.63, 3.8) is 0 Å². The second kappa shape index (κ2) is 4.37. The standard InChI is InChI=1S/C13H18ClNO2/c1-13(2,3)9-4-6-15(8-9)12(16)10-5-7-17-11(10)14/h5,7,9H,4,6,8H2,1-3H3. The van der Waals surface area contributed by atoms with Gasteiger partial charge in [0.1, 0.15) is 0 Å². The second-order valence-corrected chi connectivity index (χ2v) is 6.05. The van der Waals surface area contributed by atoms with Crippen molar-refractivity contribution in [1.29, 1.82) is 0 Å². The molecule has 2 rings (SSSR count). The fraction of sp³-hybridized carbons (Fsp3) is 0.615. The highest BCUT2D eigenvalue weighted by molar-refractivity contribution is 6.32. The van der Waals surface area contributed by atoms with E-state index in [-0.39, 0.29) is 16.5 Å². The number of rotatable bonds is 1. The van der Waals surface area contributed by atoms with Crippen molar-refractivity contribution in [3.05, 3.63) is 23.1 Å². The molecule has 3 nitrogen and oxygen atoms in total. The Bertz CT molecular complexity index is 419. The molecule has 1 aromatic rings. The average Bonchev–Trinajstić information content (AvgIpc) is 2.83. The summed E-state index contributed by atoms with van der Waals surface area (Å²) in [6.07, 6.45) is 2.51. The molecule has 94 valence electrons. The quantitative estimate of drug-likeness (QED) is 0.770. The third-order valence-electron chi connectivity index (χ3n) is 3.55. The van der Waals surface area contributed by atoms with Crippen LogP contribution in [0.25, 0.3) is 0 Å². The van der Waals surface area contributed by atoms with Gasteiger partial charge in [0.15, 0.2) is 0 Å². The lowest BCUT2D eigenvalue weighted by Crippen LogP contribution is -2.31. The molecule has 0 spiro atoms. The first-order valence-electron chi connectivity index (χ1n) is 5.92. The Morgan fingerprint density at radius 3 is 2.71 bits per heavy atom. The SMILES string of the molecule is CC(C)(C)C1CCN(C(=O)c2ccoc2Cl)C1. The summed E-state index contributed by atoms with van der Waals surface area (Å²) in [6, 6.07) is 1.63. The van der Waals surface area contributed by atoms with E-state index in [1.807, 2.05) is 4.90 Å². The van der Waals surface area contributed by atoms with E-state index in [0.29, 0.717) is 11.5 Å². The lowest BCUT2D eigenvalue weighted by Gasteiger charge is -2.26. The maximum Gasteiger partial charge on any atom is 0.258 e. The molecule has 0 aliphatic carbocycles. The molecule has 0 aromatic carbocycles. The van der Waals surface area contributed by atoms with Gasteiger partial charge in [0.2, 0.25) is 5.22 Å². The molecule has 4 heteroatoms. The molecular weight excluding hydrogens is 238 g/mol. The van der Waals surface area contributed by atoms with Crippen LogP contribution in [0, 0.1) is 11.3 Å². The molecule has 0 saturated carbocycles. The zero-order valence-corrected chi connectivity index (χ0v) is 11.3. The third-order valence-corrected chi connectivity index (χ3v) is 3.84. The van der Waals surface area contributed by atoms with Gasteiger partial charge in [-0.2, -0.15) is 0 Å². The summed E-state index contributed by atoms with van der Waals surface area (Å²) in [6.45, 7) is 8.27. The lowest BCUT2D eigenvalue weighted by molar-refractivity contribution is 0.0776. The number of carbonyl (C=O) groups excluding carboxylic acids is 1. The molecule has 0 N–H and O–H groups in total. The number of halogens is 1. The van der Waals surface area contributed by atoms with Crippen LogP contribution in [0.1, 0.15) is 37.6 Å². The van der Waals surface area contributed by atoms with Crippen LogP contribution in [0.3, 0.4) is 0 Å². The van der Waals surface area contributed by atoms with E-state index in [2.05, 4.69) is 20.8 Å². The number of nitrogens with zero attached hydrogens (tertiary/aromatic N) is 1.